The zero-order valence-electron chi connectivity index (χ0n) is 17.7. The van der Waals surface area contributed by atoms with Crippen LogP contribution in [-0.2, 0) is 6.54 Å². The molecule has 2 N–H and O–H groups in total. The number of hydrogen-bond acceptors (Lipinski definition) is 5. The van der Waals surface area contributed by atoms with E-state index in [0.717, 1.165) is 11.3 Å². The Labute approximate surface area is 181 Å². The van der Waals surface area contributed by atoms with Crippen molar-refractivity contribution >= 4 is 23.3 Å². The van der Waals surface area contributed by atoms with Crippen LogP contribution in [-0.4, -0.2) is 54.0 Å². The Balaban J connectivity index is 1.51. The summed E-state index contributed by atoms with van der Waals surface area (Å²) in [6.45, 7) is 6.66. The molecule has 31 heavy (non-hydrogen) atoms. The zero-order chi connectivity index (χ0) is 22.4. The minimum absolute atomic E-state index is 0.0274. The van der Waals surface area contributed by atoms with Crippen LogP contribution in [0.15, 0.2) is 48.5 Å². The lowest BCUT2D eigenvalue weighted by Gasteiger charge is -2.36. The van der Waals surface area contributed by atoms with E-state index < -0.39 is 4.92 Å². The number of piperazine rings is 1. The van der Waals surface area contributed by atoms with Crippen LogP contribution in [0, 0.1) is 10.1 Å². The van der Waals surface area contributed by atoms with Gasteiger partial charge in [0.05, 0.1) is 4.92 Å². The molecule has 9 heteroatoms. The molecule has 3 amide bonds. The Bertz CT molecular complexity index is 920. The Morgan fingerprint density at radius 1 is 1.00 bits per heavy atom. The molecule has 1 heterocycles. The molecular weight excluding hydrogens is 398 g/mol. The highest BCUT2D eigenvalue weighted by atomic mass is 16.6. The second-order valence-electron chi connectivity index (χ2n) is 7.73. The van der Waals surface area contributed by atoms with Crippen LogP contribution in [0.25, 0.3) is 0 Å². The number of benzene rings is 2. The first-order valence-electron chi connectivity index (χ1n) is 10.3. The highest BCUT2D eigenvalue weighted by Gasteiger charge is 2.22. The van der Waals surface area contributed by atoms with Gasteiger partial charge in [0.25, 0.3) is 11.6 Å². The summed E-state index contributed by atoms with van der Waals surface area (Å²) in [5.74, 6) is -0.0274. The molecule has 164 valence electrons. The number of nitrogens with zero attached hydrogens (tertiary/aromatic N) is 3. The fourth-order valence-corrected chi connectivity index (χ4v) is 3.40. The van der Waals surface area contributed by atoms with E-state index in [1.165, 1.54) is 12.1 Å². The number of nitro benzene ring substituents is 1. The summed E-state index contributed by atoms with van der Waals surface area (Å²) in [6.07, 6.45) is 0. The molecule has 0 aromatic heterocycles. The number of hydrogen-bond donors (Lipinski definition) is 2. The van der Waals surface area contributed by atoms with Crippen LogP contribution in [0.3, 0.4) is 0 Å². The van der Waals surface area contributed by atoms with Gasteiger partial charge in [0.1, 0.15) is 0 Å². The van der Waals surface area contributed by atoms with E-state index in [1.54, 1.807) is 24.3 Å². The molecule has 1 aliphatic rings. The standard InChI is InChI=1S/C22H27N5O4/c1-16(2)24-22(29)23-15-17-3-5-18(6-4-17)21(28)26-13-11-25(12-14-26)19-7-9-20(10-8-19)27(30)31/h3-10,16H,11-15H2,1-2H3,(H2,23,24,29). The molecule has 3 rings (SSSR count). The summed E-state index contributed by atoms with van der Waals surface area (Å²) in [5.41, 5.74) is 2.51. The van der Waals surface area contributed by atoms with Gasteiger partial charge < -0.3 is 20.4 Å². The van der Waals surface area contributed by atoms with Crippen LogP contribution in [0.5, 0.6) is 0 Å². The van der Waals surface area contributed by atoms with E-state index in [0.29, 0.717) is 38.3 Å². The van der Waals surface area contributed by atoms with Crippen LogP contribution < -0.4 is 15.5 Å². The summed E-state index contributed by atoms with van der Waals surface area (Å²) in [5, 5.41) is 16.3. The normalized spacial score (nSPS) is 13.8. The first kappa shape index (κ1) is 22.1. The van der Waals surface area contributed by atoms with Crippen molar-refractivity contribution in [1.29, 1.82) is 0 Å². The van der Waals surface area contributed by atoms with Gasteiger partial charge in [0, 0.05) is 62.1 Å². The van der Waals surface area contributed by atoms with E-state index in [4.69, 9.17) is 0 Å². The monoisotopic (exact) mass is 425 g/mol. The van der Waals surface area contributed by atoms with Gasteiger partial charge in [-0.1, -0.05) is 12.1 Å². The minimum atomic E-state index is -0.415. The predicted molar refractivity (Wildman–Crippen MR) is 118 cm³/mol. The average Bonchev–Trinajstić information content (AvgIpc) is 2.77. The van der Waals surface area contributed by atoms with Gasteiger partial charge in [0.2, 0.25) is 0 Å². The molecule has 2 aromatic carbocycles. The summed E-state index contributed by atoms with van der Waals surface area (Å²) < 4.78 is 0. The molecule has 0 spiro atoms. The quantitative estimate of drug-likeness (QED) is 0.547. The van der Waals surface area contributed by atoms with Gasteiger partial charge in [-0.3, -0.25) is 14.9 Å². The molecule has 2 aromatic rings. The molecule has 0 bridgehead atoms. The first-order valence-corrected chi connectivity index (χ1v) is 10.3. The van der Waals surface area contributed by atoms with Gasteiger partial charge in [-0.15, -0.1) is 0 Å². The van der Waals surface area contributed by atoms with E-state index in [9.17, 15) is 19.7 Å². The topological polar surface area (TPSA) is 108 Å². The maximum atomic E-state index is 12.8. The number of rotatable bonds is 6. The van der Waals surface area contributed by atoms with Crippen molar-refractivity contribution in [3.05, 3.63) is 69.8 Å². The first-order chi connectivity index (χ1) is 14.8. The maximum Gasteiger partial charge on any atom is 0.315 e. The maximum absolute atomic E-state index is 12.8. The van der Waals surface area contributed by atoms with E-state index in [2.05, 4.69) is 15.5 Å². The molecule has 9 nitrogen and oxygen atoms in total. The Hall–Kier alpha value is -3.62. The fraction of sp³-hybridized carbons (Fsp3) is 0.364. The third-order valence-corrected chi connectivity index (χ3v) is 5.07. The van der Waals surface area contributed by atoms with Crippen molar-refractivity contribution in [3.63, 3.8) is 0 Å². The van der Waals surface area contributed by atoms with Crippen LogP contribution in [0.4, 0.5) is 16.2 Å². The van der Waals surface area contributed by atoms with Crippen LogP contribution in [0.1, 0.15) is 29.8 Å². The van der Waals surface area contributed by atoms with Crippen LogP contribution >= 0.6 is 0 Å². The van der Waals surface area contributed by atoms with Gasteiger partial charge in [-0.25, -0.2) is 4.79 Å². The number of nitro groups is 1. The van der Waals surface area contributed by atoms with Crippen molar-refractivity contribution < 1.29 is 14.5 Å². The molecule has 1 fully saturated rings. The molecule has 0 saturated carbocycles. The van der Waals surface area contributed by atoms with E-state index >= 15 is 0 Å². The number of non-ortho nitro benzene ring substituents is 1. The molecule has 0 atom stereocenters. The number of urea groups is 1. The lowest BCUT2D eigenvalue weighted by molar-refractivity contribution is -0.384. The average molecular weight is 425 g/mol. The third-order valence-electron chi connectivity index (χ3n) is 5.07. The lowest BCUT2D eigenvalue weighted by Crippen LogP contribution is -2.48. The SMILES string of the molecule is CC(C)NC(=O)NCc1ccc(C(=O)N2CCN(c3ccc([N+](=O)[O-])cc3)CC2)cc1. The molecule has 0 unspecified atom stereocenters. The molecule has 1 aliphatic heterocycles. The second kappa shape index (κ2) is 9.92. The van der Waals surface area contributed by atoms with E-state index in [-0.39, 0.29) is 23.7 Å². The van der Waals surface area contributed by atoms with Crippen molar-refractivity contribution in [2.75, 3.05) is 31.1 Å². The summed E-state index contributed by atoms with van der Waals surface area (Å²) in [4.78, 5) is 38.8. The molecule has 0 radical (unpaired) electrons. The van der Waals surface area contributed by atoms with Gasteiger partial charge >= 0.3 is 6.03 Å². The number of carbonyl (C=O) groups is 2. The lowest BCUT2D eigenvalue weighted by atomic mass is 10.1. The van der Waals surface area contributed by atoms with Gasteiger partial charge in [-0.2, -0.15) is 0 Å². The molecule has 0 aliphatic carbocycles. The minimum Gasteiger partial charge on any atom is -0.368 e. The number of amides is 3. The number of anilines is 1. The smallest absolute Gasteiger partial charge is 0.315 e. The van der Waals surface area contributed by atoms with Gasteiger partial charge in [-0.05, 0) is 43.7 Å². The van der Waals surface area contributed by atoms with Gasteiger partial charge in [0.15, 0.2) is 0 Å². The summed E-state index contributed by atoms with van der Waals surface area (Å²) in [7, 11) is 0. The van der Waals surface area contributed by atoms with Crippen molar-refractivity contribution in [1.82, 2.24) is 15.5 Å². The second-order valence-corrected chi connectivity index (χ2v) is 7.73. The summed E-state index contributed by atoms with van der Waals surface area (Å²) in [6, 6.07) is 13.6. The van der Waals surface area contributed by atoms with Crippen molar-refractivity contribution in [2.24, 2.45) is 0 Å². The zero-order valence-corrected chi connectivity index (χ0v) is 17.7. The van der Waals surface area contributed by atoms with Crippen LogP contribution in [0.2, 0.25) is 0 Å². The summed E-state index contributed by atoms with van der Waals surface area (Å²) >= 11 is 0. The molecular formula is C22H27N5O4. The predicted octanol–water partition coefficient (Wildman–Crippen LogP) is 2.76. The molecule has 1 saturated heterocycles. The number of carbonyl (C=O) groups excluding carboxylic acids is 2. The Morgan fingerprint density at radius 3 is 2.16 bits per heavy atom. The van der Waals surface area contributed by atoms with Crippen molar-refractivity contribution in [2.45, 2.75) is 26.4 Å². The third kappa shape index (κ3) is 5.94. The highest BCUT2D eigenvalue weighted by Crippen LogP contribution is 2.21. The van der Waals surface area contributed by atoms with E-state index in [1.807, 2.05) is 30.9 Å². The highest BCUT2D eigenvalue weighted by molar-refractivity contribution is 5.94. The number of nitrogens with one attached hydrogen (secondary N) is 2. The Morgan fingerprint density at radius 2 is 1.61 bits per heavy atom. The fourth-order valence-electron chi connectivity index (χ4n) is 3.40. The Kier molecular flexibility index (Phi) is 7.07. The largest absolute Gasteiger partial charge is 0.368 e. The van der Waals surface area contributed by atoms with Crippen molar-refractivity contribution in [3.8, 4) is 0 Å².